The second kappa shape index (κ2) is 13.7. The summed E-state index contributed by atoms with van der Waals surface area (Å²) in [5.74, 6) is 0.00238. The SMILES string of the molecule is CCC.CCC.COC[C@H]1OC[C@@H](C)C1OP(=O)([O-])OC. The molecule has 0 radical (unpaired) electrons. The molecule has 0 saturated carbocycles. The highest BCUT2D eigenvalue weighted by Crippen LogP contribution is 2.42. The van der Waals surface area contributed by atoms with Crippen LogP contribution in [0.15, 0.2) is 0 Å². The summed E-state index contributed by atoms with van der Waals surface area (Å²) in [6.45, 7) is 11.1. The van der Waals surface area contributed by atoms with E-state index in [4.69, 9.17) is 14.0 Å². The van der Waals surface area contributed by atoms with E-state index in [0.717, 1.165) is 7.11 Å². The third-order valence-electron chi connectivity index (χ3n) is 2.31. The predicted octanol–water partition coefficient (Wildman–Crippen LogP) is 3.00. The van der Waals surface area contributed by atoms with Crippen LogP contribution < -0.4 is 4.89 Å². The molecule has 4 atom stereocenters. The van der Waals surface area contributed by atoms with Crippen LogP contribution in [-0.2, 0) is 23.1 Å². The molecule has 0 aromatic heterocycles. The van der Waals surface area contributed by atoms with E-state index in [1.165, 1.54) is 20.0 Å². The lowest BCUT2D eigenvalue weighted by Gasteiger charge is -2.28. The quantitative estimate of drug-likeness (QED) is 0.722. The number of hydrogen-bond acceptors (Lipinski definition) is 6. The second-order valence-electron chi connectivity index (χ2n) is 4.92. The summed E-state index contributed by atoms with van der Waals surface area (Å²) in [6, 6.07) is 0. The van der Waals surface area contributed by atoms with Crippen LogP contribution >= 0.6 is 7.82 Å². The van der Waals surface area contributed by atoms with Crippen molar-refractivity contribution in [2.24, 2.45) is 5.92 Å². The molecular weight excluding hydrogens is 295 g/mol. The Morgan fingerprint density at radius 3 is 2.05 bits per heavy atom. The van der Waals surface area contributed by atoms with E-state index in [-0.39, 0.29) is 12.0 Å². The van der Waals surface area contributed by atoms with E-state index >= 15 is 0 Å². The Balaban J connectivity index is 0. The molecule has 0 spiro atoms. The molecule has 1 aliphatic rings. The van der Waals surface area contributed by atoms with E-state index in [0.29, 0.717) is 13.2 Å². The van der Waals surface area contributed by atoms with Crippen molar-refractivity contribution >= 4 is 7.82 Å². The van der Waals surface area contributed by atoms with Crippen LogP contribution in [0.5, 0.6) is 0 Å². The second-order valence-corrected chi connectivity index (χ2v) is 6.39. The largest absolute Gasteiger partial charge is 0.756 e. The van der Waals surface area contributed by atoms with Gasteiger partial charge in [0.15, 0.2) is 0 Å². The Labute approximate surface area is 129 Å². The van der Waals surface area contributed by atoms with Gasteiger partial charge < -0.3 is 23.4 Å². The Bertz CT molecular complexity index is 270. The monoisotopic (exact) mass is 327 g/mol. The number of ether oxygens (including phenoxy) is 2. The molecule has 1 heterocycles. The maximum Gasteiger partial charge on any atom is 0.267 e. The summed E-state index contributed by atoms with van der Waals surface area (Å²) in [5, 5.41) is 0. The Hall–Kier alpha value is 0.0300. The Kier molecular flexibility index (Phi) is 15.2. The number of rotatable bonds is 5. The van der Waals surface area contributed by atoms with Gasteiger partial charge in [0.25, 0.3) is 7.82 Å². The van der Waals surface area contributed by atoms with E-state index in [1.807, 2.05) is 6.92 Å². The summed E-state index contributed by atoms with van der Waals surface area (Å²) in [5.41, 5.74) is 0. The first kappa shape index (κ1) is 23.3. The summed E-state index contributed by atoms with van der Waals surface area (Å²) in [6.07, 6.45) is 1.61. The van der Waals surface area contributed by atoms with Crippen LogP contribution in [-0.4, -0.2) is 39.6 Å². The van der Waals surface area contributed by atoms with E-state index in [2.05, 4.69) is 32.2 Å². The lowest BCUT2D eigenvalue weighted by Crippen LogP contribution is -2.32. The minimum absolute atomic E-state index is 0.00238. The number of phosphoric ester groups is 1. The highest BCUT2D eigenvalue weighted by atomic mass is 31.2. The molecule has 1 rings (SSSR count). The highest BCUT2D eigenvalue weighted by Gasteiger charge is 2.37. The average molecular weight is 327 g/mol. The van der Waals surface area contributed by atoms with Crippen LogP contribution in [0.25, 0.3) is 0 Å². The van der Waals surface area contributed by atoms with Gasteiger partial charge in [-0.3, -0.25) is 4.57 Å². The van der Waals surface area contributed by atoms with Crippen molar-refractivity contribution in [2.75, 3.05) is 27.4 Å². The molecule has 0 amide bonds. The molecule has 6 nitrogen and oxygen atoms in total. The first-order valence-corrected chi connectivity index (χ1v) is 8.95. The van der Waals surface area contributed by atoms with E-state index < -0.39 is 13.9 Å². The number of hydrogen-bond donors (Lipinski definition) is 0. The molecule has 0 aromatic carbocycles. The fourth-order valence-corrected chi connectivity index (χ4v) is 2.23. The zero-order chi connectivity index (χ0) is 16.9. The van der Waals surface area contributed by atoms with Gasteiger partial charge in [0.1, 0.15) is 6.10 Å². The lowest BCUT2D eigenvalue weighted by atomic mass is 10.1. The van der Waals surface area contributed by atoms with Crippen molar-refractivity contribution in [2.45, 2.75) is 59.7 Å². The van der Waals surface area contributed by atoms with Crippen LogP contribution in [0, 0.1) is 5.92 Å². The molecule has 1 saturated heterocycles. The topological polar surface area (TPSA) is 77.1 Å². The molecular formula is C14H32O6P-. The fourth-order valence-electron chi connectivity index (χ4n) is 1.50. The molecule has 2 unspecified atom stereocenters. The predicted molar refractivity (Wildman–Crippen MR) is 82.2 cm³/mol. The summed E-state index contributed by atoms with van der Waals surface area (Å²) >= 11 is 0. The van der Waals surface area contributed by atoms with Gasteiger partial charge in [-0.15, -0.1) is 0 Å². The smallest absolute Gasteiger partial charge is 0.267 e. The van der Waals surface area contributed by atoms with Crippen LogP contribution in [0.4, 0.5) is 0 Å². The van der Waals surface area contributed by atoms with Crippen molar-refractivity contribution in [1.82, 2.24) is 0 Å². The lowest BCUT2D eigenvalue weighted by molar-refractivity contribution is -0.230. The molecule has 7 heteroatoms. The Morgan fingerprint density at radius 1 is 1.19 bits per heavy atom. The minimum Gasteiger partial charge on any atom is -0.756 e. The summed E-state index contributed by atoms with van der Waals surface area (Å²) in [4.78, 5) is 11.1. The number of phosphoric acid groups is 1. The number of methoxy groups -OCH3 is 1. The van der Waals surface area contributed by atoms with Gasteiger partial charge in [-0.1, -0.05) is 47.5 Å². The van der Waals surface area contributed by atoms with Crippen molar-refractivity contribution in [3.05, 3.63) is 0 Å². The van der Waals surface area contributed by atoms with E-state index in [1.54, 1.807) is 0 Å². The molecule has 0 aromatic rings. The first-order chi connectivity index (χ1) is 9.83. The third-order valence-corrected chi connectivity index (χ3v) is 3.25. The van der Waals surface area contributed by atoms with Gasteiger partial charge in [0.05, 0.1) is 19.3 Å². The standard InChI is InChI=1S/C8H17O6P.2C3H8/c1-6-4-13-7(5-11-2)8(6)14-15(9,10)12-3;2*1-3-2/h6-8H,4-5H2,1-3H3,(H,9,10);2*3H2,1-2H3/p-1/t6-,7-,8?;;/m1../s1. The van der Waals surface area contributed by atoms with Crippen molar-refractivity contribution in [3.8, 4) is 0 Å². The van der Waals surface area contributed by atoms with Crippen LogP contribution in [0.2, 0.25) is 0 Å². The molecule has 0 aliphatic carbocycles. The van der Waals surface area contributed by atoms with Gasteiger partial charge in [0.2, 0.25) is 0 Å². The first-order valence-electron chi connectivity index (χ1n) is 7.48. The van der Waals surface area contributed by atoms with Crippen LogP contribution in [0.1, 0.15) is 47.5 Å². The van der Waals surface area contributed by atoms with Gasteiger partial charge in [-0.25, -0.2) is 0 Å². The van der Waals surface area contributed by atoms with E-state index in [9.17, 15) is 9.46 Å². The normalized spacial score (nSPS) is 27.0. The van der Waals surface area contributed by atoms with Gasteiger partial charge >= 0.3 is 0 Å². The van der Waals surface area contributed by atoms with Crippen LogP contribution in [0.3, 0.4) is 0 Å². The zero-order valence-electron chi connectivity index (χ0n) is 14.5. The van der Waals surface area contributed by atoms with Gasteiger partial charge in [-0.05, 0) is 0 Å². The molecule has 21 heavy (non-hydrogen) atoms. The zero-order valence-corrected chi connectivity index (χ0v) is 15.4. The molecule has 0 bridgehead atoms. The molecule has 130 valence electrons. The highest BCUT2D eigenvalue weighted by molar-refractivity contribution is 7.45. The third kappa shape index (κ3) is 11.3. The molecule has 1 fully saturated rings. The molecule has 1 aliphatic heterocycles. The molecule has 0 N–H and O–H groups in total. The van der Waals surface area contributed by atoms with Crippen molar-refractivity contribution < 1.29 is 28.0 Å². The van der Waals surface area contributed by atoms with Crippen molar-refractivity contribution in [1.29, 1.82) is 0 Å². The average Bonchev–Trinajstić information content (AvgIpc) is 2.74. The maximum atomic E-state index is 11.1. The summed E-state index contributed by atoms with van der Waals surface area (Å²) in [7, 11) is -1.61. The van der Waals surface area contributed by atoms with Gasteiger partial charge in [0, 0.05) is 20.1 Å². The van der Waals surface area contributed by atoms with Crippen molar-refractivity contribution in [3.63, 3.8) is 0 Å². The minimum atomic E-state index is -4.21. The maximum absolute atomic E-state index is 11.1. The fraction of sp³-hybridized carbons (Fsp3) is 1.00. The Morgan fingerprint density at radius 2 is 1.67 bits per heavy atom. The summed E-state index contributed by atoms with van der Waals surface area (Å²) < 4.78 is 30.5. The van der Waals surface area contributed by atoms with Gasteiger partial charge in [-0.2, -0.15) is 0 Å².